The zero-order valence-electron chi connectivity index (χ0n) is 17.1. The molecule has 5 nitrogen and oxygen atoms in total. The number of carbonyl (C=O) groups excluding carboxylic acids is 1. The Balaban J connectivity index is 1.70. The number of carbonyl (C=O) groups is 1. The molecular weight excluding hydrogens is 396 g/mol. The lowest BCUT2D eigenvalue weighted by Gasteiger charge is -2.08. The molecular formula is C24H22N2O3S. The van der Waals surface area contributed by atoms with Gasteiger partial charge in [0.15, 0.2) is 5.78 Å². The number of ether oxygens (including phenoxy) is 1. The Morgan fingerprint density at radius 1 is 1.10 bits per heavy atom. The Labute approximate surface area is 178 Å². The zero-order chi connectivity index (χ0) is 21.3. The number of ketones is 1. The van der Waals surface area contributed by atoms with Gasteiger partial charge in [-0.3, -0.25) is 14.2 Å². The molecule has 30 heavy (non-hydrogen) atoms. The molecule has 0 fully saturated rings. The highest BCUT2D eigenvalue weighted by Gasteiger charge is 2.16. The predicted molar refractivity (Wildman–Crippen MR) is 121 cm³/mol. The van der Waals surface area contributed by atoms with Crippen molar-refractivity contribution < 1.29 is 9.53 Å². The van der Waals surface area contributed by atoms with E-state index >= 15 is 0 Å². The summed E-state index contributed by atoms with van der Waals surface area (Å²) in [7, 11) is 0. The summed E-state index contributed by atoms with van der Waals surface area (Å²) < 4.78 is 6.89. The number of benzene rings is 2. The number of aryl methyl sites for hydroxylation is 2. The van der Waals surface area contributed by atoms with Crippen molar-refractivity contribution in [2.24, 2.45) is 0 Å². The van der Waals surface area contributed by atoms with Crippen molar-refractivity contribution >= 4 is 27.3 Å². The molecule has 0 N–H and O–H groups in total. The summed E-state index contributed by atoms with van der Waals surface area (Å²) in [5, 5.41) is 2.48. The van der Waals surface area contributed by atoms with Crippen LogP contribution in [0.2, 0.25) is 0 Å². The molecule has 2 heterocycles. The van der Waals surface area contributed by atoms with Crippen molar-refractivity contribution in [3.8, 4) is 16.9 Å². The summed E-state index contributed by atoms with van der Waals surface area (Å²) in [5.74, 6) is 0.675. The number of rotatable bonds is 6. The molecule has 0 amide bonds. The van der Waals surface area contributed by atoms with Crippen LogP contribution in [0.4, 0.5) is 0 Å². The average Bonchev–Trinajstić information content (AvgIpc) is 3.18. The number of aromatic nitrogens is 2. The van der Waals surface area contributed by atoms with Crippen LogP contribution in [0.5, 0.6) is 5.75 Å². The van der Waals surface area contributed by atoms with Crippen LogP contribution in [0.25, 0.3) is 21.3 Å². The van der Waals surface area contributed by atoms with Gasteiger partial charge >= 0.3 is 0 Å². The van der Waals surface area contributed by atoms with Gasteiger partial charge in [0, 0.05) is 16.5 Å². The molecule has 0 bridgehead atoms. The molecule has 0 radical (unpaired) electrons. The fraction of sp³-hybridized carbons (Fsp3) is 0.208. The lowest BCUT2D eigenvalue weighted by Crippen LogP contribution is -2.24. The lowest BCUT2D eigenvalue weighted by molar-refractivity contribution is 0.0970. The highest BCUT2D eigenvalue weighted by atomic mass is 32.1. The zero-order valence-corrected chi connectivity index (χ0v) is 18.0. The Bertz CT molecular complexity index is 1290. The second-order valence-electron chi connectivity index (χ2n) is 7.19. The number of nitrogens with zero attached hydrogens (tertiary/aromatic N) is 2. The Kier molecular flexibility index (Phi) is 5.50. The van der Waals surface area contributed by atoms with Crippen molar-refractivity contribution in [2.45, 2.75) is 27.3 Å². The van der Waals surface area contributed by atoms with Gasteiger partial charge in [0.1, 0.15) is 10.6 Å². The minimum Gasteiger partial charge on any atom is -0.494 e. The topological polar surface area (TPSA) is 61.2 Å². The third kappa shape index (κ3) is 3.78. The third-order valence-corrected chi connectivity index (χ3v) is 6.07. The van der Waals surface area contributed by atoms with Gasteiger partial charge in [-0.15, -0.1) is 11.3 Å². The summed E-state index contributed by atoms with van der Waals surface area (Å²) in [5.41, 5.74) is 4.32. The van der Waals surface area contributed by atoms with Crippen molar-refractivity contribution in [1.82, 2.24) is 9.55 Å². The molecule has 152 valence electrons. The van der Waals surface area contributed by atoms with Gasteiger partial charge in [-0.2, -0.15) is 0 Å². The maximum atomic E-state index is 13.2. The quantitative estimate of drug-likeness (QED) is 0.412. The Morgan fingerprint density at radius 2 is 1.87 bits per heavy atom. The van der Waals surface area contributed by atoms with Crippen LogP contribution in [0, 0.1) is 13.8 Å². The maximum Gasteiger partial charge on any atom is 0.263 e. The monoisotopic (exact) mass is 418 g/mol. The van der Waals surface area contributed by atoms with Crippen molar-refractivity contribution in [3.63, 3.8) is 0 Å². The van der Waals surface area contributed by atoms with Gasteiger partial charge in [-0.05, 0) is 55.7 Å². The van der Waals surface area contributed by atoms with Gasteiger partial charge < -0.3 is 4.74 Å². The molecule has 0 aliphatic carbocycles. The SMILES string of the molecule is CCOc1ccc(-c2csc3ncn(CC(=O)c4ccc(C)c(C)c4)c(=O)c23)cc1. The van der Waals surface area contributed by atoms with Gasteiger partial charge in [-0.1, -0.05) is 24.3 Å². The van der Waals surface area contributed by atoms with Crippen LogP contribution in [0.3, 0.4) is 0 Å². The van der Waals surface area contributed by atoms with E-state index in [4.69, 9.17) is 4.74 Å². The van der Waals surface area contributed by atoms with Crippen molar-refractivity contribution in [2.75, 3.05) is 6.61 Å². The van der Waals surface area contributed by atoms with Crippen molar-refractivity contribution in [1.29, 1.82) is 0 Å². The van der Waals surface area contributed by atoms with E-state index in [1.54, 1.807) is 6.07 Å². The van der Waals surface area contributed by atoms with E-state index < -0.39 is 0 Å². The minimum absolute atomic E-state index is 0.0389. The average molecular weight is 419 g/mol. The van der Waals surface area contributed by atoms with E-state index in [1.165, 1.54) is 22.2 Å². The number of fused-ring (bicyclic) bond motifs is 1. The number of thiophene rings is 1. The molecule has 2 aromatic carbocycles. The second-order valence-corrected chi connectivity index (χ2v) is 8.04. The molecule has 0 saturated heterocycles. The van der Waals surface area contributed by atoms with E-state index in [9.17, 15) is 9.59 Å². The first-order valence-corrected chi connectivity index (χ1v) is 10.7. The molecule has 0 spiro atoms. The largest absolute Gasteiger partial charge is 0.494 e. The molecule has 4 rings (SSSR count). The molecule has 0 aliphatic rings. The number of hydrogen-bond donors (Lipinski definition) is 0. The number of hydrogen-bond acceptors (Lipinski definition) is 5. The summed E-state index contributed by atoms with van der Waals surface area (Å²) in [6, 6.07) is 13.2. The first-order chi connectivity index (χ1) is 14.5. The van der Waals surface area contributed by atoms with Gasteiger partial charge in [0.05, 0.1) is 24.9 Å². The molecule has 0 aliphatic heterocycles. The molecule has 4 aromatic rings. The first kappa shape index (κ1) is 20.0. The van der Waals surface area contributed by atoms with E-state index in [-0.39, 0.29) is 17.9 Å². The molecule has 0 unspecified atom stereocenters. The highest BCUT2D eigenvalue weighted by molar-refractivity contribution is 7.17. The van der Waals surface area contributed by atoms with Gasteiger partial charge in [0.25, 0.3) is 5.56 Å². The second kappa shape index (κ2) is 8.24. The normalized spacial score (nSPS) is 11.0. The third-order valence-electron chi connectivity index (χ3n) is 5.18. The molecule has 0 saturated carbocycles. The molecule has 6 heteroatoms. The Morgan fingerprint density at radius 3 is 2.57 bits per heavy atom. The smallest absolute Gasteiger partial charge is 0.263 e. The fourth-order valence-electron chi connectivity index (χ4n) is 3.35. The van der Waals surface area contributed by atoms with E-state index in [1.807, 2.05) is 62.5 Å². The summed E-state index contributed by atoms with van der Waals surface area (Å²) in [6.07, 6.45) is 1.46. The first-order valence-electron chi connectivity index (χ1n) is 9.78. The fourth-order valence-corrected chi connectivity index (χ4v) is 4.26. The standard InChI is InChI=1S/C24H22N2O3S/c1-4-29-19-9-7-17(8-10-19)20-13-30-23-22(20)24(28)26(14-25-23)12-21(27)18-6-5-15(2)16(3)11-18/h5-11,13-14H,4,12H2,1-3H3. The van der Waals surface area contributed by atoms with Crippen LogP contribution < -0.4 is 10.3 Å². The predicted octanol–water partition coefficient (Wildman–Crippen LogP) is 5.02. The molecule has 2 aromatic heterocycles. The molecule has 0 atom stereocenters. The van der Waals surface area contributed by atoms with Crippen molar-refractivity contribution in [3.05, 3.63) is 81.2 Å². The summed E-state index contributed by atoms with van der Waals surface area (Å²) in [6.45, 7) is 6.48. The van der Waals surface area contributed by atoms with E-state index in [0.717, 1.165) is 28.0 Å². The summed E-state index contributed by atoms with van der Waals surface area (Å²) in [4.78, 5) is 31.0. The van der Waals surface area contributed by atoms with Crippen LogP contribution >= 0.6 is 11.3 Å². The maximum absolute atomic E-state index is 13.2. The van der Waals surface area contributed by atoms with Crippen LogP contribution in [-0.4, -0.2) is 21.9 Å². The van der Waals surface area contributed by atoms with Crippen LogP contribution in [-0.2, 0) is 6.54 Å². The van der Waals surface area contributed by atoms with Crippen LogP contribution in [0.1, 0.15) is 28.4 Å². The lowest BCUT2D eigenvalue weighted by atomic mass is 10.0. The number of Topliss-reactive ketones (excluding diaryl/α,β-unsaturated/α-hetero) is 1. The summed E-state index contributed by atoms with van der Waals surface area (Å²) >= 11 is 1.42. The Hall–Kier alpha value is -3.25. The minimum atomic E-state index is -0.206. The highest BCUT2D eigenvalue weighted by Crippen LogP contribution is 2.31. The van der Waals surface area contributed by atoms with Gasteiger partial charge in [-0.25, -0.2) is 4.98 Å². The van der Waals surface area contributed by atoms with E-state index in [0.29, 0.717) is 22.4 Å². The van der Waals surface area contributed by atoms with E-state index in [2.05, 4.69) is 4.98 Å². The van der Waals surface area contributed by atoms with Gasteiger partial charge in [0.2, 0.25) is 0 Å². The van der Waals surface area contributed by atoms with Crippen LogP contribution in [0.15, 0.2) is 59.0 Å².